The SMILES string of the molecule is CCCCCCN1CCN(S(=O)(=O)N2CC(C)OC(C)C2)CC1. The fourth-order valence-electron chi connectivity index (χ4n) is 3.43. The minimum Gasteiger partial charge on any atom is -0.373 e. The highest BCUT2D eigenvalue weighted by molar-refractivity contribution is 7.86. The van der Waals surface area contributed by atoms with Crippen LogP contribution in [0.5, 0.6) is 0 Å². The summed E-state index contributed by atoms with van der Waals surface area (Å²) in [5.74, 6) is 0. The molecule has 0 aliphatic carbocycles. The highest BCUT2D eigenvalue weighted by Crippen LogP contribution is 2.19. The summed E-state index contributed by atoms with van der Waals surface area (Å²) < 4.78 is 34.5. The predicted molar refractivity (Wildman–Crippen MR) is 92.7 cm³/mol. The normalized spacial score (nSPS) is 29.0. The zero-order chi connectivity index (χ0) is 16.9. The summed E-state index contributed by atoms with van der Waals surface area (Å²) in [6.07, 6.45) is 4.98. The minimum atomic E-state index is -3.34. The number of hydrogen-bond donors (Lipinski definition) is 0. The maximum absolute atomic E-state index is 12.8. The number of morpholine rings is 1. The number of ether oxygens (including phenoxy) is 1. The number of hydrogen-bond acceptors (Lipinski definition) is 4. The maximum Gasteiger partial charge on any atom is 0.282 e. The fraction of sp³-hybridized carbons (Fsp3) is 1.00. The third kappa shape index (κ3) is 5.39. The first-order valence-corrected chi connectivity index (χ1v) is 10.5. The van der Waals surface area contributed by atoms with Gasteiger partial charge in [-0.25, -0.2) is 0 Å². The molecule has 2 fully saturated rings. The van der Waals surface area contributed by atoms with Gasteiger partial charge in [0.15, 0.2) is 0 Å². The summed E-state index contributed by atoms with van der Waals surface area (Å²) in [6, 6.07) is 0. The molecule has 2 aliphatic heterocycles. The summed E-state index contributed by atoms with van der Waals surface area (Å²) in [4.78, 5) is 2.40. The van der Waals surface area contributed by atoms with Crippen LogP contribution in [0.2, 0.25) is 0 Å². The summed E-state index contributed by atoms with van der Waals surface area (Å²) in [6.45, 7) is 11.0. The van der Waals surface area contributed by atoms with E-state index in [-0.39, 0.29) is 12.2 Å². The molecule has 2 rings (SSSR count). The molecule has 6 nitrogen and oxygen atoms in total. The molecular formula is C16H33N3O3S. The molecule has 2 unspecified atom stereocenters. The van der Waals surface area contributed by atoms with E-state index in [0.717, 1.165) is 19.6 Å². The first-order valence-electron chi connectivity index (χ1n) is 9.06. The van der Waals surface area contributed by atoms with E-state index < -0.39 is 10.2 Å². The van der Waals surface area contributed by atoms with Gasteiger partial charge in [-0.3, -0.25) is 0 Å². The molecule has 7 heteroatoms. The molecule has 2 saturated heterocycles. The Balaban J connectivity index is 1.81. The third-order valence-corrected chi connectivity index (χ3v) is 6.67. The first-order chi connectivity index (χ1) is 10.9. The van der Waals surface area contributed by atoms with Crippen molar-refractivity contribution in [2.45, 2.75) is 58.7 Å². The van der Waals surface area contributed by atoms with Crippen molar-refractivity contribution < 1.29 is 13.2 Å². The summed E-state index contributed by atoms with van der Waals surface area (Å²) in [5, 5.41) is 0. The molecule has 136 valence electrons. The largest absolute Gasteiger partial charge is 0.373 e. The average molecular weight is 348 g/mol. The molecule has 2 heterocycles. The first kappa shape index (κ1) is 19.1. The van der Waals surface area contributed by atoms with Crippen molar-refractivity contribution in [1.82, 2.24) is 13.5 Å². The Hall–Kier alpha value is -0.210. The lowest BCUT2D eigenvalue weighted by Gasteiger charge is -2.40. The molecule has 0 spiro atoms. The molecule has 0 aromatic carbocycles. The van der Waals surface area contributed by atoms with E-state index in [0.29, 0.717) is 26.2 Å². The van der Waals surface area contributed by atoms with Gasteiger partial charge in [-0.1, -0.05) is 26.2 Å². The zero-order valence-electron chi connectivity index (χ0n) is 14.9. The van der Waals surface area contributed by atoms with Gasteiger partial charge >= 0.3 is 0 Å². The Morgan fingerprint density at radius 3 is 2.09 bits per heavy atom. The van der Waals surface area contributed by atoms with Gasteiger partial charge in [0.05, 0.1) is 12.2 Å². The standard InChI is InChI=1S/C16H33N3O3S/c1-4-5-6-7-8-17-9-11-18(12-10-17)23(20,21)19-13-15(2)22-16(3)14-19/h15-16H,4-14H2,1-3H3. The molecule has 0 aromatic rings. The Kier molecular flexibility index (Phi) is 7.28. The van der Waals surface area contributed by atoms with Crippen molar-refractivity contribution in [3.8, 4) is 0 Å². The van der Waals surface area contributed by atoms with Crippen LogP contribution >= 0.6 is 0 Å². The highest BCUT2D eigenvalue weighted by Gasteiger charge is 2.36. The lowest BCUT2D eigenvalue weighted by atomic mass is 10.2. The van der Waals surface area contributed by atoms with Gasteiger partial charge in [-0.2, -0.15) is 17.0 Å². The van der Waals surface area contributed by atoms with E-state index >= 15 is 0 Å². The monoisotopic (exact) mass is 347 g/mol. The van der Waals surface area contributed by atoms with Crippen LogP contribution in [0.25, 0.3) is 0 Å². The minimum absolute atomic E-state index is 0.0339. The smallest absolute Gasteiger partial charge is 0.282 e. The van der Waals surface area contributed by atoms with Gasteiger partial charge in [-0.05, 0) is 26.8 Å². The maximum atomic E-state index is 12.8. The van der Waals surface area contributed by atoms with Gasteiger partial charge in [0, 0.05) is 39.3 Å². The van der Waals surface area contributed by atoms with Crippen molar-refractivity contribution in [2.75, 3.05) is 45.8 Å². The molecule has 23 heavy (non-hydrogen) atoms. The van der Waals surface area contributed by atoms with Gasteiger partial charge < -0.3 is 9.64 Å². The molecule has 0 N–H and O–H groups in total. The van der Waals surface area contributed by atoms with Crippen molar-refractivity contribution in [1.29, 1.82) is 0 Å². The predicted octanol–water partition coefficient (Wildman–Crippen LogP) is 1.54. The van der Waals surface area contributed by atoms with Crippen molar-refractivity contribution >= 4 is 10.2 Å². The second-order valence-electron chi connectivity index (χ2n) is 6.88. The van der Waals surface area contributed by atoms with E-state index in [1.54, 1.807) is 8.61 Å². The lowest BCUT2D eigenvalue weighted by molar-refractivity contribution is -0.0457. The topological polar surface area (TPSA) is 53.1 Å². The Morgan fingerprint density at radius 1 is 0.913 bits per heavy atom. The summed E-state index contributed by atoms with van der Waals surface area (Å²) in [7, 11) is -3.34. The summed E-state index contributed by atoms with van der Waals surface area (Å²) in [5.41, 5.74) is 0. The van der Waals surface area contributed by atoms with E-state index in [4.69, 9.17) is 4.74 Å². The van der Waals surface area contributed by atoms with Crippen LogP contribution in [0, 0.1) is 0 Å². The van der Waals surface area contributed by atoms with Crippen LogP contribution in [0.15, 0.2) is 0 Å². The number of rotatable bonds is 7. The van der Waals surface area contributed by atoms with E-state index in [2.05, 4.69) is 11.8 Å². The quantitative estimate of drug-likeness (QED) is 0.656. The zero-order valence-corrected chi connectivity index (χ0v) is 15.7. The molecule has 0 amide bonds. The van der Waals surface area contributed by atoms with E-state index in [9.17, 15) is 8.42 Å². The van der Waals surface area contributed by atoms with Crippen LogP contribution < -0.4 is 0 Å². The highest BCUT2D eigenvalue weighted by atomic mass is 32.2. The average Bonchev–Trinajstić information content (AvgIpc) is 2.51. The second kappa shape index (κ2) is 8.76. The third-order valence-electron chi connectivity index (χ3n) is 4.70. The Labute approximate surface area is 141 Å². The van der Waals surface area contributed by atoms with Crippen LogP contribution in [0.4, 0.5) is 0 Å². The number of piperazine rings is 1. The lowest BCUT2D eigenvalue weighted by Crippen LogP contribution is -2.57. The van der Waals surface area contributed by atoms with Crippen LogP contribution in [-0.2, 0) is 14.9 Å². The summed E-state index contributed by atoms with van der Waals surface area (Å²) >= 11 is 0. The van der Waals surface area contributed by atoms with Gasteiger partial charge in [0.25, 0.3) is 10.2 Å². The van der Waals surface area contributed by atoms with Crippen LogP contribution in [0.3, 0.4) is 0 Å². The molecule has 0 saturated carbocycles. The Bertz CT molecular complexity index is 439. The van der Waals surface area contributed by atoms with Crippen LogP contribution in [0.1, 0.15) is 46.5 Å². The van der Waals surface area contributed by atoms with E-state index in [1.165, 1.54) is 25.7 Å². The van der Waals surface area contributed by atoms with E-state index in [1.807, 2.05) is 13.8 Å². The number of unbranched alkanes of at least 4 members (excludes halogenated alkanes) is 3. The molecule has 2 aliphatic rings. The van der Waals surface area contributed by atoms with Crippen LogP contribution in [-0.4, -0.2) is 79.9 Å². The van der Waals surface area contributed by atoms with Crippen molar-refractivity contribution in [3.63, 3.8) is 0 Å². The molecule has 0 radical (unpaired) electrons. The second-order valence-corrected chi connectivity index (χ2v) is 8.81. The van der Waals surface area contributed by atoms with Gasteiger partial charge in [-0.15, -0.1) is 0 Å². The molecular weight excluding hydrogens is 314 g/mol. The Morgan fingerprint density at radius 2 is 1.52 bits per heavy atom. The fourth-order valence-corrected chi connectivity index (χ4v) is 5.18. The van der Waals surface area contributed by atoms with Crippen molar-refractivity contribution in [2.24, 2.45) is 0 Å². The van der Waals surface area contributed by atoms with Crippen molar-refractivity contribution in [3.05, 3.63) is 0 Å². The molecule has 0 aromatic heterocycles. The van der Waals surface area contributed by atoms with Gasteiger partial charge in [0.2, 0.25) is 0 Å². The number of nitrogens with zero attached hydrogens (tertiary/aromatic N) is 3. The molecule has 2 atom stereocenters. The molecule has 0 bridgehead atoms. The van der Waals surface area contributed by atoms with Gasteiger partial charge in [0.1, 0.15) is 0 Å².